The molecule has 1 fully saturated rings. The quantitative estimate of drug-likeness (QED) is 0.545. The van der Waals surface area contributed by atoms with E-state index in [0.717, 1.165) is 50.3 Å². The Bertz CT molecular complexity index is 473. The molecule has 2 rings (SSSR count). The fourth-order valence-electron chi connectivity index (χ4n) is 3.07. The molecule has 0 bridgehead atoms. The number of rotatable bonds is 8. The average molecular weight is 324 g/mol. The summed E-state index contributed by atoms with van der Waals surface area (Å²) in [5.41, 5.74) is 2.24. The van der Waals surface area contributed by atoms with Crippen LogP contribution in [-0.2, 0) is 14.3 Å². The topological polar surface area (TPSA) is 71.4 Å². The fraction of sp³-hybridized carbons (Fsp3) is 0.765. The molecule has 2 aliphatic rings. The number of carbonyl (C=O) groups excluding carboxylic acids is 1. The number of aliphatic hydroxyl groups is 1. The number of carbonyl (C=O) groups is 1. The Morgan fingerprint density at radius 1 is 1.43 bits per heavy atom. The van der Waals surface area contributed by atoms with Crippen LogP contribution in [0.5, 0.6) is 0 Å². The van der Waals surface area contributed by atoms with Crippen molar-refractivity contribution in [1.29, 1.82) is 0 Å². The van der Waals surface area contributed by atoms with E-state index in [0.29, 0.717) is 19.4 Å². The lowest BCUT2D eigenvalue weighted by Gasteiger charge is -2.39. The lowest BCUT2D eigenvalue weighted by Crippen LogP contribution is -2.48. The summed E-state index contributed by atoms with van der Waals surface area (Å²) in [5.74, 6) is 0.867. The molecular formula is C17H28N2O4. The predicted molar refractivity (Wildman–Crippen MR) is 88.3 cm³/mol. The third-order valence-electron chi connectivity index (χ3n) is 4.42. The molecule has 1 saturated heterocycles. The molecule has 2 heterocycles. The number of methoxy groups -OCH3 is 1. The summed E-state index contributed by atoms with van der Waals surface area (Å²) in [6.45, 7) is 4.68. The van der Waals surface area contributed by atoms with Gasteiger partial charge in [-0.1, -0.05) is 0 Å². The minimum Gasteiger partial charge on any atom is -0.469 e. The van der Waals surface area contributed by atoms with Gasteiger partial charge >= 0.3 is 5.97 Å². The molecule has 0 aromatic carbocycles. The second-order valence-corrected chi connectivity index (χ2v) is 6.09. The summed E-state index contributed by atoms with van der Waals surface area (Å²) in [6.07, 6.45) is 4.92. The van der Waals surface area contributed by atoms with Gasteiger partial charge in [-0.3, -0.25) is 4.79 Å². The molecule has 23 heavy (non-hydrogen) atoms. The molecule has 0 saturated carbocycles. The maximum Gasteiger partial charge on any atom is 0.305 e. The third-order valence-corrected chi connectivity index (χ3v) is 4.42. The molecule has 1 N–H and O–H groups in total. The minimum absolute atomic E-state index is 0.0486. The Labute approximate surface area is 138 Å². The van der Waals surface area contributed by atoms with E-state index < -0.39 is 0 Å². The van der Waals surface area contributed by atoms with E-state index in [-0.39, 0.29) is 18.7 Å². The van der Waals surface area contributed by atoms with Crippen LogP contribution >= 0.6 is 0 Å². The minimum atomic E-state index is -0.164. The standard InChI is InChI=1S/C17H28N2O4/c1-13-14(8-10-20)12-19-9-5-6-15(17(19)18-13)23-11-4-3-7-16(21)22-2/h15,20H,3-12H2,1-2H3. The first-order chi connectivity index (χ1) is 11.2. The van der Waals surface area contributed by atoms with Gasteiger partial charge in [-0.2, -0.15) is 0 Å². The number of unbranched alkanes of at least 4 members (excludes halogenated alkanes) is 1. The third kappa shape index (κ3) is 5.04. The van der Waals surface area contributed by atoms with E-state index >= 15 is 0 Å². The van der Waals surface area contributed by atoms with Gasteiger partial charge in [-0.05, 0) is 44.6 Å². The number of hydrogen-bond donors (Lipinski definition) is 1. The molecule has 1 atom stereocenters. The lowest BCUT2D eigenvalue weighted by molar-refractivity contribution is -0.140. The summed E-state index contributed by atoms with van der Waals surface area (Å²) < 4.78 is 10.6. The van der Waals surface area contributed by atoms with Crippen LogP contribution in [0.4, 0.5) is 0 Å². The molecule has 0 spiro atoms. The molecule has 1 unspecified atom stereocenters. The van der Waals surface area contributed by atoms with E-state index in [4.69, 9.17) is 14.8 Å². The number of amidine groups is 1. The largest absolute Gasteiger partial charge is 0.469 e. The zero-order valence-electron chi connectivity index (χ0n) is 14.2. The van der Waals surface area contributed by atoms with Crippen molar-refractivity contribution in [3.63, 3.8) is 0 Å². The molecule has 0 aliphatic carbocycles. The first-order valence-electron chi connectivity index (χ1n) is 8.47. The summed E-state index contributed by atoms with van der Waals surface area (Å²) in [7, 11) is 1.41. The average Bonchev–Trinajstić information content (AvgIpc) is 2.55. The second-order valence-electron chi connectivity index (χ2n) is 6.09. The van der Waals surface area contributed by atoms with Crippen LogP contribution in [0.1, 0.15) is 45.4 Å². The van der Waals surface area contributed by atoms with Gasteiger partial charge in [0.2, 0.25) is 0 Å². The predicted octanol–water partition coefficient (Wildman–Crippen LogP) is 1.88. The number of esters is 1. The highest BCUT2D eigenvalue weighted by Gasteiger charge is 2.30. The van der Waals surface area contributed by atoms with Crippen molar-refractivity contribution in [2.75, 3.05) is 33.4 Å². The van der Waals surface area contributed by atoms with Crippen LogP contribution in [0.15, 0.2) is 16.3 Å². The van der Waals surface area contributed by atoms with E-state index in [1.165, 1.54) is 12.7 Å². The Morgan fingerprint density at radius 2 is 2.26 bits per heavy atom. The van der Waals surface area contributed by atoms with Crippen LogP contribution in [0, 0.1) is 0 Å². The maximum absolute atomic E-state index is 11.1. The van der Waals surface area contributed by atoms with Crippen LogP contribution in [0.25, 0.3) is 0 Å². The smallest absolute Gasteiger partial charge is 0.305 e. The number of nitrogens with zero attached hydrogens (tertiary/aromatic N) is 2. The van der Waals surface area contributed by atoms with Gasteiger partial charge in [0.05, 0.1) is 7.11 Å². The highest BCUT2D eigenvalue weighted by Crippen LogP contribution is 2.25. The summed E-state index contributed by atoms with van der Waals surface area (Å²) >= 11 is 0. The Balaban J connectivity index is 1.85. The normalized spacial score (nSPS) is 21.1. The van der Waals surface area contributed by atoms with E-state index in [1.54, 1.807) is 0 Å². The molecule has 0 radical (unpaired) electrons. The fourth-order valence-corrected chi connectivity index (χ4v) is 3.07. The van der Waals surface area contributed by atoms with Gasteiger partial charge in [0.25, 0.3) is 0 Å². The lowest BCUT2D eigenvalue weighted by atomic mass is 10.0. The van der Waals surface area contributed by atoms with Gasteiger partial charge in [-0.25, -0.2) is 4.99 Å². The van der Waals surface area contributed by atoms with E-state index in [2.05, 4.69) is 9.64 Å². The number of allylic oxidation sites excluding steroid dienone is 1. The number of hydrogen-bond acceptors (Lipinski definition) is 6. The first-order valence-corrected chi connectivity index (χ1v) is 8.47. The SMILES string of the molecule is COC(=O)CCCCOC1CCCN2CC(CCO)=C(C)N=C12. The number of fused-ring (bicyclic) bond motifs is 1. The molecule has 0 amide bonds. The molecule has 6 nitrogen and oxygen atoms in total. The van der Waals surface area contributed by atoms with Crippen LogP contribution in [0.2, 0.25) is 0 Å². The molecule has 0 aromatic rings. The Morgan fingerprint density at radius 3 is 3.00 bits per heavy atom. The van der Waals surface area contributed by atoms with Crippen molar-refractivity contribution in [3.05, 3.63) is 11.3 Å². The Kier molecular flexibility index (Phi) is 7.05. The zero-order valence-corrected chi connectivity index (χ0v) is 14.2. The monoisotopic (exact) mass is 324 g/mol. The second kappa shape index (κ2) is 9.03. The van der Waals surface area contributed by atoms with Gasteiger partial charge in [0, 0.05) is 38.4 Å². The Hall–Kier alpha value is -1.40. The van der Waals surface area contributed by atoms with Crippen LogP contribution in [-0.4, -0.2) is 61.3 Å². The first kappa shape index (κ1) is 17.9. The van der Waals surface area contributed by atoms with Crippen molar-refractivity contribution in [2.45, 2.75) is 51.6 Å². The molecule has 0 aromatic heterocycles. The van der Waals surface area contributed by atoms with Crippen molar-refractivity contribution < 1.29 is 19.4 Å². The molecular weight excluding hydrogens is 296 g/mol. The molecule has 130 valence electrons. The summed E-state index contributed by atoms with van der Waals surface area (Å²) in [6, 6.07) is 0. The van der Waals surface area contributed by atoms with Crippen LogP contribution < -0.4 is 0 Å². The number of aliphatic imine (C=N–C) groups is 1. The molecule has 6 heteroatoms. The summed E-state index contributed by atoms with van der Waals surface area (Å²) in [5, 5.41) is 9.15. The van der Waals surface area contributed by atoms with Crippen molar-refractivity contribution >= 4 is 11.8 Å². The van der Waals surface area contributed by atoms with E-state index in [1.807, 2.05) is 6.92 Å². The van der Waals surface area contributed by atoms with Gasteiger partial charge in [-0.15, -0.1) is 0 Å². The number of piperidine rings is 1. The van der Waals surface area contributed by atoms with Gasteiger partial charge in [0.1, 0.15) is 11.9 Å². The number of ether oxygens (including phenoxy) is 2. The van der Waals surface area contributed by atoms with Gasteiger partial charge < -0.3 is 19.5 Å². The van der Waals surface area contributed by atoms with Crippen molar-refractivity contribution in [3.8, 4) is 0 Å². The highest BCUT2D eigenvalue weighted by molar-refractivity contribution is 5.89. The van der Waals surface area contributed by atoms with Gasteiger partial charge in [0.15, 0.2) is 0 Å². The zero-order chi connectivity index (χ0) is 16.7. The molecule has 2 aliphatic heterocycles. The van der Waals surface area contributed by atoms with Crippen molar-refractivity contribution in [2.24, 2.45) is 4.99 Å². The highest BCUT2D eigenvalue weighted by atomic mass is 16.5. The number of aliphatic hydroxyl groups excluding tert-OH is 1. The maximum atomic E-state index is 11.1. The summed E-state index contributed by atoms with van der Waals surface area (Å²) in [4.78, 5) is 18.1. The van der Waals surface area contributed by atoms with Crippen molar-refractivity contribution in [1.82, 2.24) is 4.90 Å². The van der Waals surface area contributed by atoms with E-state index in [9.17, 15) is 4.79 Å². The van der Waals surface area contributed by atoms with Crippen LogP contribution in [0.3, 0.4) is 0 Å².